The summed E-state index contributed by atoms with van der Waals surface area (Å²) in [6.07, 6.45) is 9.01. The zero-order valence-corrected chi connectivity index (χ0v) is 21.4. The number of hydrogen-bond acceptors (Lipinski definition) is 4. The van der Waals surface area contributed by atoms with Crippen LogP contribution in [0.15, 0.2) is 0 Å². The van der Waals surface area contributed by atoms with Crippen LogP contribution < -0.4 is 10.6 Å². The van der Waals surface area contributed by atoms with Crippen LogP contribution in [0.25, 0.3) is 0 Å². The van der Waals surface area contributed by atoms with Gasteiger partial charge in [-0.15, -0.1) is 0 Å². The fraction of sp³-hybridized carbons (Fsp3) is 0.920. The lowest BCUT2D eigenvalue weighted by Crippen LogP contribution is -2.62. The maximum absolute atomic E-state index is 11.8. The summed E-state index contributed by atoms with van der Waals surface area (Å²) in [7, 11) is 0. The van der Waals surface area contributed by atoms with Gasteiger partial charge in [-0.2, -0.15) is 0 Å². The lowest BCUT2D eigenvalue weighted by Gasteiger charge is -2.49. The van der Waals surface area contributed by atoms with Crippen LogP contribution in [-0.4, -0.2) is 69.9 Å². The van der Waals surface area contributed by atoms with Crippen molar-refractivity contribution in [3.05, 3.63) is 0 Å². The van der Waals surface area contributed by atoms with Crippen LogP contribution in [0.4, 0.5) is 0 Å². The second-order valence-electron chi connectivity index (χ2n) is 12.7. The Morgan fingerprint density at radius 2 is 0.903 bits per heavy atom. The van der Waals surface area contributed by atoms with E-state index in [1.807, 2.05) is 9.80 Å². The molecule has 180 valence electrons. The summed E-state index contributed by atoms with van der Waals surface area (Å²) in [6.45, 7) is 19.4. The molecule has 0 bridgehead atoms. The molecule has 2 aliphatic heterocycles. The van der Waals surface area contributed by atoms with Gasteiger partial charge in [0.1, 0.15) is 0 Å². The third-order valence-corrected chi connectivity index (χ3v) is 6.88. The molecule has 2 amide bonds. The molecule has 0 radical (unpaired) electrons. The van der Waals surface area contributed by atoms with E-state index in [9.17, 15) is 9.59 Å². The molecule has 2 fully saturated rings. The van der Waals surface area contributed by atoms with E-state index in [0.29, 0.717) is 0 Å². The third kappa shape index (κ3) is 8.05. The summed E-state index contributed by atoms with van der Waals surface area (Å²) in [4.78, 5) is 27.7. The number of rotatable bonds is 10. The summed E-state index contributed by atoms with van der Waals surface area (Å²) in [5, 5.41) is 7.39. The first-order chi connectivity index (χ1) is 14.2. The Morgan fingerprint density at radius 1 is 0.613 bits per heavy atom. The van der Waals surface area contributed by atoms with Gasteiger partial charge in [0, 0.05) is 47.3 Å². The van der Waals surface area contributed by atoms with Gasteiger partial charge in [0.15, 0.2) is 0 Å². The average Bonchev–Trinajstić information content (AvgIpc) is 2.55. The Balaban J connectivity index is 1.80. The maximum Gasteiger partial charge on any atom is 0.209 e. The van der Waals surface area contributed by atoms with Crippen LogP contribution in [0.3, 0.4) is 0 Å². The minimum Gasteiger partial charge on any atom is -0.342 e. The summed E-state index contributed by atoms with van der Waals surface area (Å²) >= 11 is 0. The van der Waals surface area contributed by atoms with Crippen molar-refractivity contribution in [2.75, 3.05) is 13.1 Å². The Morgan fingerprint density at radius 3 is 1.16 bits per heavy atom. The molecule has 0 aromatic rings. The predicted octanol–water partition coefficient (Wildman–Crippen LogP) is 3.69. The summed E-state index contributed by atoms with van der Waals surface area (Å²) in [6, 6.07) is 0.573. The van der Waals surface area contributed by atoms with Crippen LogP contribution in [0, 0.1) is 0 Å². The SMILES string of the molecule is CC1(C)CC(N(C=O)CCCCCN(C=O)C2CC(C)(C)NC(C)(C)C2)CC(C)(C)N1. The highest BCUT2D eigenvalue weighted by molar-refractivity contribution is 5.48. The molecule has 6 heteroatoms. The molecule has 0 saturated carbocycles. The zero-order chi connectivity index (χ0) is 23.5. The van der Waals surface area contributed by atoms with Gasteiger partial charge >= 0.3 is 0 Å². The van der Waals surface area contributed by atoms with Gasteiger partial charge in [0.2, 0.25) is 12.8 Å². The van der Waals surface area contributed by atoms with E-state index in [-0.39, 0.29) is 34.2 Å². The van der Waals surface area contributed by atoms with Crippen molar-refractivity contribution in [2.24, 2.45) is 0 Å². The van der Waals surface area contributed by atoms with Gasteiger partial charge in [0.05, 0.1) is 0 Å². The van der Waals surface area contributed by atoms with E-state index < -0.39 is 0 Å². The van der Waals surface area contributed by atoms with Crippen LogP contribution in [-0.2, 0) is 9.59 Å². The summed E-state index contributed by atoms with van der Waals surface area (Å²) in [5.41, 5.74) is 0.145. The normalized spacial score (nSPS) is 25.0. The minimum atomic E-state index is 0.0363. The number of unbranched alkanes of at least 4 members (excludes halogenated alkanes) is 2. The molecule has 6 nitrogen and oxygen atoms in total. The van der Waals surface area contributed by atoms with Crippen molar-refractivity contribution >= 4 is 12.8 Å². The molecule has 0 atom stereocenters. The molecule has 2 heterocycles. The van der Waals surface area contributed by atoms with Gasteiger partial charge in [0.25, 0.3) is 0 Å². The second kappa shape index (κ2) is 9.78. The van der Waals surface area contributed by atoms with Crippen molar-refractivity contribution in [3.8, 4) is 0 Å². The van der Waals surface area contributed by atoms with Crippen molar-refractivity contribution in [3.63, 3.8) is 0 Å². The Bertz CT molecular complexity index is 531. The maximum atomic E-state index is 11.8. The quantitative estimate of drug-likeness (QED) is 0.405. The summed E-state index contributed by atoms with van der Waals surface area (Å²) < 4.78 is 0. The Hall–Kier alpha value is -1.14. The molecule has 2 N–H and O–H groups in total. The molecule has 0 aromatic heterocycles. The predicted molar refractivity (Wildman–Crippen MR) is 128 cm³/mol. The van der Waals surface area contributed by atoms with Gasteiger partial charge in [-0.05, 0) is 100 Å². The molecule has 2 rings (SSSR count). The molecule has 2 saturated heterocycles. The van der Waals surface area contributed by atoms with Crippen molar-refractivity contribution in [1.29, 1.82) is 0 Å². The Kier molecular flexibility index (Phi) is 8.24. The largest absolute Gasteiger partial charge is 0.342 e. The number of piperidine rings is 2. The minimum absolute atomic E-state index is 0.0363. The first-order valence-electron chi connectivity index (χ1n) is 12.2. The topological polar surface area (TPSA) is 64.7 Å². The van der Waals surface area contributed by atoms with E-state index in [1.165, 1.54) is 0 Å². The number of amides is 2. The molecular weight excluding hydrogens is 388 g/mol. The second-order valence-corrected chi connectivity index (χ2v) is 12.7. The van der Waals surface area contributed by atoms with E-state index in [0.717, 1.165) is 70.9 Å². The number of nitrogens with zero attached hydrogens (tertiary/aromatic N) is 2. The van der Waals surface area contributed by atoms with E-state index >= 15 is 0 Å². The van der Waals surface area contributed by atoms with Crippen molar-refractivity contribution in [1.82, 2.24) is 20.4 Å². The smallest absolute Gasteiger partial charge is 0.209 e. The van der Waals surface area contributed by atoms with E-state index in [4.69, 9.17) is 0 Å². The number of nitrogens with one attached hydrogen (secondary N) is 2. The molecule has 2 aliphatic rings. The number of hydrogen-bond donors (Lipinski definition) is 2. The molecule has 0 aliphatic carbocycles. The molecule has 31 heavy (non-hydrogen) atoms. The third-order valence-electron chi connectivity index (χ3n) is 6.88. The molecule has 0 aromatic carbocycles. The van der Waals surface area contributed by atoms with Gasteiger partial charge in [-0.3, -0.25) is 9.59 Å². The lowest BCUT2D eigenvalue weighted by molar-refractivity contribution is -0.122. The average molecular weight is 437 g/mol. The lowest BCUT2D eigenvalue weighted by atomic mass is 9.79. The van der Waals surface area contributed by atoms with Crippen LogP contribution in [0.5, 0.6) is 0 Å². The molecular formula is C25H48N4O2. The van der Waals surface area contributed by atoms with Crippen molar-refractivity contribution < 1.29 is 9.59 Å². The first-order valence-corrected chi connectivity index (χ1v) is 12.2. The monoisotopic (exact) mass is 436 g/mol. The van der Waals surface area contributed by atoms with E-state index in [1.54, 1.807) is 0 Å². The molecule has 0 spiro atoms. The van der Waals surface area contributed by atoms with Gasteiger partial charge in [-0.25, -0.2) is 0 Å². The fourth-order valence-electron chi connectivity index (χ4n) is 6.41. The first kappa shape index (κ1) is 26.1. The van der Waals surface area contributed by atoms with Gasteiger partial charge < -0.3 is 20.4 Å². The highest BCUT2D eigenvalue weighted by Crippen LogP contribution is 2.32. The Labute approximate surface area is 190 Å². The number of carbonyl (C=O) groups is 2. The van der Waals surface area contributed by atoms with Crippen molar-refractivity contribution in [2.45, 2.75) is 135 Å². The van der Waals surface area contributed by atoms with E-state index in [2.05, 4.69) is 66.0 Å². The standard InChI is InChI=1S/C25H48N4O2/c1-22(2)14-20(15-23(3,4)26-22)28(18-30)12-10-9-11-13-29(19-31)21-16-24(5,6)27-25(7,8)17-21/h18-21,26-27H,9-17H2,1-8H3. The zero-order valence-electron chi connectivity index (χ0n) is 21.4. The van der Waals surface area contributed by atoms with Gasteiger partial charge in [-0.1, -0.05) is 0 Å². The highest BCUT2D eigenvalue weighted by atomic mass is 16.1. The van der Waals surface area contributed by atoms with Crippen LogP contribution in [0.1, 0.15) is 100 Å². The van der Waals surface area contributed by atoms with Crippen LogP contribution in [0.2, 0.25) is 0 Å². The fourth-order valence-corrected chi connectivity index (χ4v) is 6.41. The van der Waals surface area contributed by atoms with Crippen LogP contribution >= 0.6 is 0 Å². The molecule has 0 unspecified atom stereocenters. The highest BCUT2D eigenvalue weighted by Gasteiger charge is 2.40. The summed E-state index contributed by atoms with van der Waals surface area (Å²) in [5.74, 6) is 0. The number of carbonyl (C=O) groups excluding carboxylic acids is 2.